The Morgan fingerprint density at radius 2 is 1.93 bits per heavy atom. The van der Waals surface area contributed by atoms with Gasteiger partial charge in [-0.2, -0.15) is 0 Å². The van der Waals surface area contributed by atoms with Crippen LogP contribution in [0.2, 0.25) is 0 Å². The molecule has 150 valence electrons. The molecule has 4 unspecified atom stereocenters. The number of fused-ring (bicyclic) bond motifs is 1. The van der Waals surface area contributed by atoms with Crippen LogP contribution in [0.3, 0.4) is 0 Å². The van der Waals surface area contributed by atoms with Crippen molar-refractivity contribution >= 4 is 17.7 Å². The van der Waals surface area contributed by atoms with Gasteiger partial charge in [0.15, 0.2) is 0 Å². The van der Waals surface area contributed by atoms with E-state index in [0.717, 1.165) is 18.7 Å². The lowest BCUT2D eigenvalue weighted by atomic mass is 10.0. The van der Waals surface area contributed by atoms with E-state index in [1.54, 1.807) is 4.90 Å². The highest BCUT2D eigenvalue weighted by molar-refractivity contribution is 6.05. The van der Waals surface area contributed by atoms with Crippen LogP contribution in [0.5, 0.6) is 0 Å². The first-order chi connectivity index (χ1) is 13.3. The summed E-state index contributed by atoms with van der Waals surface area (Å²) < 4.78 is 0. The number of imide groups is 1. The highest BCUT2D eigenvalue weighted by Crippen LogP contribution is 2.29. The Kier molecular flexibility index (Phi) is 4.97. The monoisotopic (exact) mass is 384 g/mol. The summed E-state index contributed by atoms with van der Waals surface area (Å²) in [6.07, 6.45) is 0.670. The van der Waals surface area contributed by atoms with Gasteiger partial charge in [0, 0.05) is 49.7 Å². The first-order valence-electron chi connectivity index (χ1n) is 10.1. The standard InChI is InChI=1S/C21H28N4O3/c1-12-9-22-13(2)14(3)24(12)10-15-4-5-17-16(8-15)11-25(21(17)28)18-6-7-19(26)23-20(18)27/h4-5,8,12-14,18,22H,6-7,9-11H2,1-3H3,(H,23,26,27). The number of carbonyl (C=O) groups excluding carboxylic acids is 3. The third-order valence-electron chi connectivity index (χ3n) is 6.50. The maximum Gasteiger partial charge on any atom is 0.255 e. The lowest BCUT2D eigenvalue weighted by Crippen LogP contribution is -2.59. The number of nitrogens with one attached hydrogen (secondary N) is 2. The largest absolute Gasteiger partial charge is 0.322 e. The summed E-state index contributed by atoms with van der Waals surface area (Å²) in [4.78, 5) is 40.5. The molecule has 3 aliphatic rings. The Morgan fingerprint density at radius 3 is 2.68 bits per heavy atom. The molecule has 0 aliphatic carbocycles. The molecular weight excluding hydrogens is 356 g/mol. The van der Waals surface area contributed by atoms with Gasteiger partial charge in [-0.15, -0.1) is 0 Å². The number of piperidine rings is 1. The van der Waals surface area contributed by atoms with E-state index in [1.807, 2.05) is 12.1 Å². The van der Waals surface area contributed by atoms with Gasteiger partial charge in [-0.25, -0.2) is 0 Å². The molecule has 1 aromatic rings. The number of nitrogens with zero attached hydrogens (tertiary/aromatic N) is 2. The van der Waals surface area contributed by atoms with Crippen LogP contribution in [0, 0.1) is 0 Å². The minimum atomic E-state index is -0.560. The van der Waals surface area contributed by atoms with Crippen LogP contribution >= 0.6 is 0 Å². The van der Waals surface area contributed by atoms with Gasteiger partial charge in [0.1, 0.15) is 6.04 Å². The van der Waals surface area contributed by atoms with Crippen LogP contribution in [0.15, 0.2) is 18.2 Å². The normalized spacial score (nSPS) is 31.1. The molecule has 0 aromatic heterocycles. The number of rotatable bonds is 3. The van der Waals surface area contributed by atoms with Crippen molar-refractivity contribution in [2.24, 2.45) is 0 Å². The maximum absolute atomic E-state index is 12.8. The average molecular weight is 384 g/mol. The van der Waals surface area contributed by atoms with Crippen LogP contribution in [0.4, 0.5) is 0 Å². The third-order valence-corrected chi connectivity index (χ3v) is 6.50. The van der Waals surface area contributed by atoms with Crippen molar-refractivity contribution in [3.8, 4) is 0 Å². The van der Waals surface area contributed by atoms with Gasteiger partial charge >= 0.3 is 0 Å². The molecule has 7 heteroatoms. The Morgan fingerprint density at radius 1 is 1.14 bits per heavy atom. The zero-order valence-electron chi connectivity index (χ0n) is 16.7. The summed E-state index contributed by atoms with van der Waals surface area (Å²) in [5.41, 5.74) is 2.82. The Balaban J connectivity index is 1.51. The molecule has 4 atom stereocenters. The fourth-order valence-corrected chi connectivity index (χ4v) is 4.57. The van der Waals surface area contributed by atoms with Gasteiger partial charge in [-0.3, -0.25) is 24.6 Å². The fraction of sp³-hybridized carbons (Fsp3) is 0.571. The van der Waals surface area contributed by atoms with Crippen molar-refractivity contribution in [2.75, 3.05) is 6.54 Å². The zero-order valence-corrected chi connectivity index (χ0v) is 16.7. The summed E-state index contributed by atoms with van der Waals surface area (Å²) in [6.45, 7) is 8.93. The molecular formula is C21H28N4O3. The van der Waals surface area contributed by atoms with Gasteiger partial charge in [0.25, 0.3) is 5.91 Å². The second-order valence-corrected chi connectivity index (χ2v) is 8.35. The Labute approximate surface area is 165 Å². The molecule has 2 N–H and O–H groups in total. The molecule has 0 saturated carbocycles. The maximum atomic E-state index is 12.8. The molecule has 2 fully saturated rings. The zero-order chi connectivity index (χ0) is 20.0. The second kappa shape index (κ2) is 7.29. The number of hydrogen-bond acceptors (Lipinski definition) is 5. The second-order valence-electron chi connectivity index (χ2n) is 8.35. The van der Waals surface area contributed by atoms with E-state index < -0.39 is 6.04 Å². The summed E-state index contributed by atoms with van der Waals surface area (Å²) in [6, 6.07) is 6.77. The third kappa shape index (κ3) is 3.33. The highest BCUT2D eigenvalue weighted by Gasteiger charge is 2.39. The van der Waals surface area contributed by atoms with Crippen molar-refractivity contribution in [3.63, 3.8) is 0 Å². The summed E-state index contributed by atoms with van der Waals surface area (Å²) in [5, 5.41) is 5.89. The molecule has 0 bridgehead atoms. The predicted octanol–water partition coefficient (Wildman–Crippen LogP) is 1.02. The molecule has 2 saturated heterocycles. The van der Waals surface area contributed by atoms with Gasteiger partial charge < -0.3 is 10.2 Å². The molecule has 4 rings (SSSR count). The van der Waals surface area contributed by atoms with Crippen LogP contribution < -0.4 is 10.6 Å². The van der Waals surface area contributed by atoms with Crippen LogP contribution in [0.25, 0.3) is 0 Å². The fourth-order valence-electron chi connectivity index (χ4n) is 4.57. The van der Waals surface area contributed by atoms with Crippen LogP contribution in [-0.2, 0) is 22.7 Å². The van der Waals surface area contributed by atoms with E-state index in [2.05, 4.69) is 42.4 Å². The van der Waals surface area contributed by atoms with Crippen molar-refractivity contribution < 1.29 is 14.4 Å². The predicted molar refractivity (Wildman–Crippen MR) is 104 cm³/mol. The minimum Gasteiger partial charge on any atom is -0.322 e. The number of amides is 3. The molecule has 28 heavy (non-hydrogen) atoms. The molecule has 0 spiro atoms. The topological polar surface area (TPSA) is 81.8 Å². The van der Waals surface area contributed by atoms with E-state index in [-0.39, 0.29) is 24.1 Å². The number of piperazine rings is 1. The van der Waals surface area contributed by atoms with Crippen molar-refractivity contribution in [2.45, 2.75) is 70.9 Å². The molecule has 3 amide bonds. The molecule has 7 nitrogen and oxygen atoms in total. The van der Waals surface area contributed by atoms with E-state index in [1.165, 1.54) is 5.56 Å². The lowest BCUT2D eigenvalue weighted by Gasteiger charge is -2.43. The number of hydrogen-bond donors (Lipinski definition) is 2. The quantitative estimate of drug-likeness (QED) is 0.761. The van der Waals surface area contributed by atoms with E-state index >= 15 is 0 Å². The molecule has 0 radical (unpaired) electrons. The van der Waals surface area contributed by atoms with Crippen LogP contribution in [-0.4, -0.2) is 58.2 Å². The lowest BCUT2D eigenvalue weighted by molar-refractivity contribution is -0.136. The van der Waals surface area contributed by atoms with Crippen LogP contribution in [0.1, 0.15) is 55.1 Å². The molecule has 3 heterocycles. The Hall–Kier alpha value is -2.25. The first kappa shape index (κ1) is 19.1. The van der Waals surface area contributed by atoms with E-state index in [9.17, 15) is 14.4 Å². The minimum absolute atomic E-state index is 0.117. The van der Waals surface area contributed by atoms with Gasteiger partial charge in [0.05, 0.1) is 0 Å². The van der Waals surface area contributed by atoms with E-state index in [0.29, 0.717) is 36.7 Å². The number of carbonyl (C=O) groups is 3. The smallest absolute Gasteiger partial charge is 0.255 e. The molecule has 3 aliphatic heterocycles. The highest BCUT2D eigenvalue weighted by atomic mass is 16.2. The van der Waals surface area contributed by atoms with E-state index in [4.69, 9.17) is 0 Å². The summed E-state index contributed by atoms with van der Waals surface area (Å²) in [7, 11) is 0. The first-order valence-corrected chi connectivity index (χ1v) is 10.1. The summed E-state index contributed by atoms with van der Waals surface area (Å²) in [5.74, 6) is -0.746. The van der Waals surface area contributed by atoms with Gasteiger partial charge in [-0.1, -0.05) is 12.1 Å². The Bertz CT molecular complexity index is 824. The number of benzene rings is 1. The summed E-state index contributed by atoms with van der Waals surface area (Å²) >= 11 is 0. The van der Waals surface area contributed by atoms with Gasteiger partial charge in [-0.05, 0) is 44.4 Å². The van der Waals surface area contributed by atoms with Crippen molar-refractivity contribution in [1.82, 2.24) is 20.4 Å². The van der Waals surface area contributed by atoms with Crippen molar-refractivity contribution in [1.29, 1.82) is 0 Å². The van der Waals surface area contributed by atoms with Gasteiger partial charge in [0.2, 0.25) is 11.8 Å². The SMILES string of the molecule is CC1NCC(C)N(Cc2ccc3c(c2)CN(C2CCC(=O)NC2=O)C3=O)C1C. The van der Waals surface area contributed by atoms with Crippen molar-refractivity contribution in [3.05, 3.63) is 34.9 Å². The average Bonchev–Trinajstić information content (AvgIpc) is 2.98. The molecule has 1 aromatic carbocycles.